The Morgan fingerprint density at radius 3 is 3.18 bits per heavy atom. The van der Waals surface area contributed by atoms with Gasteiger partial charge in [0.05, 0.1) is 9.30 Å². The van der Waals surface area contributed by atoms with Crippen LogP contribution in [0.15, 0.2) is 22.7 Å². The molecule has 0 fully saturated rings. The molecule has 1 aromatic carbocycles. The Morgan fingerprint density at radius 1 is 1.73 bits per heavy atom. The van der Waals surface area contributed by atoms with Crippen LogP contribution in [0, 0.1) is 5.82 Å². The molecule has 0 amide bonds. The molecule has 0 bridgehead atoms. The van der Waals surface area contributed by atoms with Crippen LogP contribution in [-0.4, -0.2) is 6.56 Å². The molecule has 0 unspecified atom stereocenters. The normalized spacial score (nSPS) is 18.9. The van der Waals surface area contributed by atoms with Gasteiger partial charge in [0.1, 0.15) is 11.6 Å². The Kier molecular flexibility index (Phi) is 1.32. The van der Waals surface area contributed by atoms with E-state index in [2.05, 4.69) is 20.7 Å². The van der Waals surface area contributed by atoms with Gasteiger partial charge >= 0.3 is 0 Å². The van der Waals surface area contributed by atoms with Gasteiger partial charge in [-0.15, -0.1) is 0 Å². The van der Waals surface area contributed by atoms with Gasteiger partial charge in [0.2, 0.25) is 0 Å². The molecule has 3 heteroatoms. The molecule has 60 valence electrons. The zero-order valence-electron chi connectivity index (χ0n) is 10.4. The molecule has 0 aliphatic heterocycles. The second-order valence-corrected chi connectivity index (χ2v) is 2.72. The maximum absolute atomic E-state index is 12.9. The summed E-state index contributed by atoms with van der Waals surface area (Å²) in [5.74, 6) is -0.835. The lowest BCUT2D eigenvalue weighted by molar-refractivity contribution is 0.338. The second kappa shape index (κ2) is 3.72. The van der Waals surface area contributed by atoms with Gasteiger partial charge in [-0.25, -0.2) is 4.39 Å². The van der Waals surface area contributed by atoms with Crippen LogP contribution in [0.3, 0.4) is 0 Å². The second-order valence-electron chi connectivity index (χ2n) is 1.81. The quantitative estimate of drug-likeness (QED) is 0.750. The summed E-state index contributed by atoms with van der Waals surface area (Å²) in [6.07, 6.45) is 0. The third kappa shape index (κ3) is 2.50. The van der Waals surface area contributed by atoms with E-state index >= 15 is 0 Å². The fourth-order valence-electron chi connectivity index (χ4n) is 0.646. The smallest absolute Gasteiger partial charge is 0.128 e. The van der Waals surface area contributed by atoms with Crippen molar-refractivity contribution in [1.29, 1.82) is 0 Å². The Morgan fingerprint density at radius 2 is 2.55 bits per heavy atom. The molecule has 0 saturated heterocycles. The summed E-state index contributed by atoms with van der Waals surface area (Å²) in [5.41, 5.74) is 0. The number of rotatable bonds is 2. The third-order valence-electron chi connectivity index (χ3n) is 1.00. The zero-order chi connectivity index (χ0) is 12.6. The van der Waals surface area contributed by atoms with Crippen molar-refractivity contribution in [3.8, 4) is 5.75 Å². The molecule has 0 radical (unpaired) electrons. The average molecular weight is 224 g/mol. The molecule has 0 heterocycles. The van der Waals surface area contributed by atoms with Gasteiger partial charge in [0.25, 0.3) is 0 Å². The van der Waals surface area contributed by atoms with Gasteiger partial charge in [0, 0.05) is 14.7 Å². The molecule has 0 aliphatic carbocycles. The van der Waals surface area contributed by atoms with Crippen molar-refractivity contribution < 1.29 is 16.0 Å². The average Bonchev–Trinajstić information content (AvgIpc) is 1.97. The van der Waals surface area contributed by atoms with Crippen LogP contribution in [0.1, 0.15) is 13.7 Å². The highest BCUT2D eigenvalue weighted by Crippen LogP contribution is 2.20. The minimum Gasteiger partial charge on any atom is -0.494 e. The van der Waals surface area contributed by atoms with Crippen molar-refractivity contribution in [1.82, 2.24) is 0 Å². The van der Waals surface area contributed by atoms with Crippen LogP contribution in [0.4, 0.5) is 4.39 Å². The van der Waals surface area contributed by atoms with Gasteiger partial charge < -0.3 is 4.74 Å². The summed E-state index contributed by atoms with van der Waals surface area (Å²) in [6, 6.07) is 3.35. The summed E-state index contributed by atoms with van der Waals surface area (Å²) in [5, 5.41) is 0. The van der Waals surface area contributed by atoms with Crippen molar-refractivity contribution >= 4 is 15.9 Å². The highest BCUT2D eigenvalue weighted by Gasteiger charge is 1.97. The van der Waals surface area contributed by atoms with Gasteiger partial charge in [0.15, 0.2) is 0 Å². The summed E-state index contributed by atoms with van der Waals surface area (Å²) >= 11 is 2.99. The monoisotopic (exact) mass is 223 g/mol. The first-order chi connectivity index (χ1) is 7.12. The maximum atomic E-state index is 12.9. The molecule has 1 nitrogen and oxygen atoms in total. The molecule has 0 N–H and O–H groups in total. The first kappa shape index (κ1) is 3.90. The lowest BCUT2D eigenvalue weighted by Gasteiger charge is -2.02. The van der Waals surface area contributed by atoms with Gasteiger partial charge in [-0.1, -0.05) is 15.9 Å². The third-order valence-corrected chi connectivity index (χ3v) is 1.46. The predicted octanol–water partition coefficient (Wildman–Crippen LogP) is 2.99. The highest BCUT2D eigenvalue weighted by molar-refractivity contribution is 9.10. The molecule has 0 spiro atoms. The fourth-order valence-corrected chi connectivity index (χ4v) is 1.09. The van der Waals surface area contributed by atoms with Crippen LogP contribution in [0.25, 0.3) is 0 Å². The van der Waals surface area contributed by atoms with Crippen molar-refractivity contribution in [3.63, 3.8) is 0 Å². The van der Waals surface area contributed by atoms with E-state index < -0.39 is 19.2 Å². The Balaban J connectivity index is 2.96. The summed E-state index contributed by atoms with van der Waals surface area (Å²) in [6.45, 7) is -5.80. The standard InChI is InChI=1S/C8H8BrFO/c1-2-11-8-4-6(9)3-7(10)5-8/h3-5H,2H2,1H3/i1D3,2D2. The predicted molar refractivity (Wildman–Crippen MR) is 45.3 cm³/mol. The van der Waals surface area contributed by atoms with E-state index in [-0.39, 0.29) is 5.75 Å². The summed E-state index contributed by atoms with van der Waals surface area (Å²) in [4.78, 5) is 0. The van der Waals surface area contributed by atoms with Crippen LogP contribution in [0.5, 0.6) is 5.75 Å². The topological polar surface area (TPSA) is 9.23 Å². The van der Waals surface area contributed by atoms with E-state index in [4.69, 9.17) is 6.85 Å². The summed E-state index contributed by atoms with van der Waals surface area (Å²) < 4.78 is 53.1. The first-order valence-corrected chi connectivity index (χ1v) is 3.56. The van der Waals surface area contributed by atoms with Crippen molar-refractivity contribution in [2.75, 3.05) is 6.56 Å². The largest absolute Gasteiger partial charge is 0.494 e. The Bertz CT molecular complexity index is 372. The van der Waals surface area contributed by atoms with Crippen LogP contribution >= 0.6 is 15.9 Å². The molecule has 0 atom stereocenters. The summed E-state index contributed by atoms with van der Waals surface area (Å²) in [7, 11) is 0. The molecular weight excluding hydrogens is 211 g/mol. The maximum Gasteiger partial charge on any atom is 0.128 e. The minimum atomic E-state index is -2.94. The zero-order valence-corrected chi connectivity index (χ0v) is 6.98. The Hall–Kier alpha value is -0.570. The van der Waals surface area contributed by atoms with E-state index in [0.29, 0.717) is 4.47 Å². The number of ether oxygens (including phenoxy) is 1. The van der Waals surface area contributed by atoms with Crippen LogP contribution < -0.4 is 4.74 Å². The fraction of sp³-hybridized carbons (Fsp3) is 0.250. The molecule has 11 heavy (non-hydrogen) atoms. The SMILES string of the molecule is [2H]C([2H])([2H])C([2H])([2H])Oc1cc(F)cc(Br)c1. The number of halogens is 2. The van der Waals surface area contributed by atoms with E-state index in [1.54, 1.807) is 0 Å². The van der Waals surface area contributed by atoms with Gasteiger partial charge in [-0.05, 0) is 19.0 Å². The molecular formula is C8H8BrFO. The number of hydrogen-bond acceptors (Lipinski definition) is 1. The van der Waals surface area contributed by atoms with E-state index in [1.807, 2.05) is 0 Å². The Labute approximate surface area is 80.3 Å². The number of hydrogen-bond donors (Lipinski definition) is 0. The van der Waals surface area contributed by atoms with Gasteiger partial charge in [-0.2, -0.15) is 0 Å². The first-order valence-electron chi connectivity index (χ1n) is 5.27. The molecule has 1 rings (SSSR count). The van der Waals surface area contributed by atoms with Crippen molar-refractivity contribution in [2.45, 2.75) is 6.85 Å². The van der Waals surface area contributed by atoms with E-state index in [1.165, 1.54) is 6.07 Å². The van der Waals surface area contributed by atoms with Crippen LogP contribution in [-0.2, 0) is 0 Å². The lowest BCUT2D eigenvalue weighted by atomic mass is 10.3. The molecule has 0 aliphatic rings. The number of benzene rings is 1. The van der Waals surface area contributed by atoms with Crippen molar-refractivity contribution in [2.24, 2.45) is 0 Å². The van der Waals surface area contributed by atoms with E-state index in [9.17, 15) is 4.39 Å². The van der Waals surface area contributed by atoms with Crippen LogP contribution in [0.2, 0.25) is 0 Å². The van der Waals surface area contributed by atoms with E-state index in [0.717, 1.165) is 12.1 Å². The highest BCUT2D eigenvalue weighted by atomic mass is 79.9. The molecule has 1 aromatic rings. The van der Waals surface area contributed by atoms with Crippen molar-refractivity contribution in [3.05, 3.63) is 28.5 Å². The van der Waals surface area contributed by atoms with Gasteiger partial charge in [-0.3, -0.25) is 0 Å². The molecule has 0 saturated carbocycles. The minimum absolute atomic E-state index is 0.187. The lowest BCUT2D eigenvalue weighted by Crippen LogP contribution is -1.91. The molecule has 0 aromatic heterocycles.